The van der Waals surface area contributed by atoms with E-state index in [1.807, 2.05) is 36.4 Å². The fourth-order valence-electron chi connectivity index (χ4n) is 4.00. The van der Waals surface area contributed by atoms with Crippen molar-refractivity contribution in [1.29, 1.82) is 0 Å². The fourth-order valence-corrected chi connectivity index (χ4v) is 4.00. The van der Waals surface area contributed by atoms with Crippen LogP contribution in [0.15, 0.2) is 36.4 Å². The minimum Gasteiger partial charge on any atom is -0.493 e. The van der Waals surface area contributed by atoms with Gasteiger partial charge in [0.15, 0.2) is 11.5 Å². The molecule has 0 saturated carbocycles. The smallest absolute Gasteiger partial charge is 0.322 e. The monoisotopic (exact) mass is 455 g/mol. The number of nitrogens with zero attached hydrogens (tertiary/aromatic N) is 2. The van der Waals surface area contributed by atoms with Crippen LogP contribution in [0.3, 0.4) is 0 Å². The molecule has 1 fully saturated rings. The summed E-state index contributed by atoms with van der Waals surface area (Å²) < 4.78 is 11.6. The maximum Gasteiger partial charge on any atom is 0.322 e. The van der Waals surface area contributed by atoms with E-state index in [2.05, 4.69) is 10.2 Å². The van der Waals surface area contributed by atoms with Crippen LogP contribution in [0.4, 0.5) is 5.69 Å². The zero-order chi connectivity index (χ0) is 23.6. The molecule has 0 amide bonds. The first-order chi connectivity index (χ1) is 16.1. The van der Waals surface area contributed by atoms with E-state index in [0.29, 0.717) is 18.1 Å². The van der Waals surface area contributed by atoms with Crippen molar-refractivity contribution in [3.8, 4) is 11.5 Å². The third kappa shape index (κ3) is 6.23. The molecule has 33 heavy (non-hydrogen) atoms. The van der Waals surface area contributed by atoms with Gasteiger partial charge < -0.3 is 29.9 Å². The molecule has 0 atom stereocenters. The average molecular weight is 456 g/mol. The van der Waals surface area contributed by atoms with Gasteiger partial charge in [-0.15, -0.1) is 0 Å². The van der Waals surface area contributed by atoms with E-state index in [1.54, 1.807) is 7.11 Å². The van der Waals surface area contributed by atoms with Gasteiger partial charge in [-0.1, -0.05) is 18.2 Å². The van der Waals surface area contributed by atoms with Crippen LogP contribution in [0.2, 0.25) is 0 Å². The number of methoxy groups -OCH3 is 1. The van der Waals surface area contributed by atoms with Crippen molar-refractivity contribution in [3.63, 3.8) is 0 Å². The number of para-hydroxylation sites is 1. The lowest BCUT2D eigenvalue weighted by atomic mass is 10.1. The molecule has 2 aromatic carbocycles. The molecule has 2 heterocycles. The summed E-state index contributed by atoms with van der Waals surface area (Å²) in [6.45, 7) is 3.59. The maximum absolute atomic E-state index is 11.1. The first-order valence-electron chi connectivity index (χ1n) is 10.9. The molecule has 0 spiro atoms. The molecular weight excluding hydrogens is 426 g/mol. The predicted octanol–water partition coefficient (Wildman–Crippen LogP) is 3.46. The third-order valence-corrected chi connectivity index (χ3v) is 5.46. The Morgan fingerprint density at radius 2 is 1.88 bits per heavy atom. The number of carboxylic acids is 1. The minimum atomic E-state index is -0.922. The van der Waals surface area contributed by atoms with Crippen LogP contribution in [0, 0.1) is 0 Å². The molecule has 1 aliphatic rings. The van der Waals surface area contributed by atoms with Gasteiger partial charge in [0, 0.05) is 23.4 Å². The van der Waals surface area contributed by atoms with Gasteiger partial charge in [-0.2, -0.15) is 0 Å². The Labute approximate surface area is 191 Å². The molecular formula is C24H29N3O6. The zero-order valence-electron chi connectivity index (χ0n) is 18.6. The maximum atomic E-state index is 11.1. The highest BCUT2D eigenvalue weighted by Crippen LogP contribution is 2.38. The van der Waals surface area contributed by atoms with Gasteiger partial charge in [0.05, 0.1) is 30.4 Å². The van der Waals surface area contributed by atoms with Crippen LogP contribution in [0.5, 0.6) is 11.5 Å². The highest BCUT2D eigenvalue weighted by atomic mass is 16.5. The van der Waals surface area contributed by atoms with Crippen molar-refractivity contribution in [2.45, 2.75) is 19.3 Å². The lowest BCUT2D eigenvalue weighted by Gasteiger charge is -2.17. The number of pyridine rings is 1. The number of carboxylic acid groups (broad SMARTS) is 2. The van der Waals surface area contributed by atoms with Gasteiger partial charge in [0.2, 0.25) is 0 Å². The number of hydrogen-bond acceptors (Lipinski definition) is 7. The number of carbonyl (C=O) groups is 2. The summed E-state index contributed by atoms with van der Waals surface area (Å²) in [6, 6.07) is 11.4. The molecule has 3 N–H and O–H groups in total. The number of ether oxygens (including phenoxy) is 2. The van der Waals surface area contributed by atoms with E-state index in [9.17, 15) is 4.79 Å². The van der Waals surface area contributed by atoms with Crippen LogP contribution in [0.1, 0.15) is 19.3 Å². The van der Waals surface area contributed by atoms with Crippen molar-refractivity contribution in [2.24, 2.45) is 0 Å². The normalized spacial score (nSPS) is 13.4. The third-order valence-electron chi connectivity index (χ3n) is 5.46. The molecule has 3 aromatic rings. The highest BCUT2D eigenvalue weighted by molar-refractivity contribution is 6.08. The van der Waals surface area contributed by atoms with Crippen molar-refractivity contribution in [2.75, 3.05) is 45.2 Å². The summed E-state index contributed by atoms with van der Waals surface area (Å²) >= 11 is 0. The van der Waals surface area contributed by atoms with E-state index in [1.165, 1.54) is 25.9 Å². The Morgan fingerprint density at radius 1 is 1.15 bits per heavy atom. The first kappa shape index (κ1) is 24.1. The second-order valence-electron chi connectivity index (χ2n) is 7.63. The number of aromatic nitrogens is 1. The molecule has 0 unspecified atom stereocenters. The zero-order valence-corrected chi connectivity index (χ0v) is 18.6. The fraction of sp³-hybridized carbons (Fsp3) is 0.375. The molecule has 9 heteroatoms. The lowest BCUT2D eigenvalue weighted by Crippen LogP contribution is -2.21. The molecule has 0 bridgehead atoms. The molecule has 1 aliphatic heterocycles. The van der Waals surface area contributed by atoms with E-state index in [4.69, 9.17) is 29.5 Å². The number of anilines is 1. The van der Waals surface area contributed by atoms with Gasteiger partial charge in [-0.3, -0.25) is 9.59 Å². The topological polar surface area (TPSA) is 121 Å². The SMILES string of the molecule is COc1cc2c(NCC(=O)O)c3ccccc3nc2cc1OCCCN1CCCC1.O=CO. The Hall–Kier alpha value is -3.59. The lowest BCUT2D eigenvalue weighted by molar-refractivity contribution is -0.135. The number of benzene rings is 2. The molecule has 4 rings (SSSR count). The van der Waals surface area contributed by atoms with Gasteiger partial charge in [-0.25, -0.2) is 4.98 Å². The standard InChI is InChI=1S/C23H27N3O4.CH2O2/c1-29-20-13-17-19(14-21(20)30-12-6-11-26-9-4-5-10-26)25-18-8-3-2-7-16(18)23(17)24-15-22(27)28;2-1-3/h2-3,7-8,13-14H,4-6,9-12,15H2,1H3,(H,24,25)(H,27,28);1H,(H,2,3). The number of aliphatic carboxylic acids is 1. The molecule has 1 saturated heterocycles. The molecule has 9 nitrogen and oxygen atoms in total. The van der Waals surface area contributed by atoms with Crippen molar-refractivity contribution in [3.05, 3.63) is 36.4 Å². The summed E-state index contributed by atoms with van der Waals surface area (Å²) in [5, 5.41) is 20.7. The Morgan fingerprint density at radius 3 is 2.58 bits per heavy atom. The van der Waals surface area contributed by atoms with E-state index in [-0.39, 0.29) is 13.0 Å². The van der Waals surface area contributed by atoms with Gasteiger partial charge in [-0.05, 0) is 44.5 Å². The first-order valence-corrected chi connectivity index (χ1v) is 10.9. The Balaban J connectivity index is 0.000000968. The van der Waals surface area contributed by atoms with Crippen LogP contribution < -0.4 is 14.8 Å². The van der Waals surface area contributed by atoms with Crippen molar-refractivity contribution in [1.82, 2.24) is 9.88 Å². The molecule has 1 aromatic heterocycles. The summed E-state index contributed by atoms with van der Waals surface area (Å²) in [6.07, 6.45) is 3.53. The number of nitrogens with one attached hydrogen (secondary N) is 1. The van der Waals surface area contributed by atoms with Crippen molar-refractivity contribution >= 4 is 39.9 Å². The Kier molecular flexibility index (Phi) is 8.65. The quantitative estimate of drug-likeness (QED) is 0.253. The summed E-state index contributed by atoms with van der Waals surface area (Å²) in [7, 11) is 1.61. The van der Waals surface area contributed by atoms with Gasteiger partial charge in [0.1, 0.15) is 6.54 Å². The number of fused-ring (bicyclic) bond motifs is 2. The molecule has 0 radical (unpaired) electrons. The number of likely N-dealkylation sites (tertiary alicyclic amines) is 1. The second-order valence-corrected chi connectivity index (χ2v) is 7.63. The van der Waals surface area contributed by atoms with Gasteiger partial charge in [0.25, 0.3) is 6.47 Å². The Bertz CT molecular complexity index is 1100. The highest BCUT2D eigenvalue weighted by Gasteiger charge is 2.15. The summed E-state index contributed by atoms with van der Waals surface area (Å²) in [4.78, 5) is 26.7. The van der Waals surface area contributed by atoms with E-state index < -0.39 is 5.97 Å². The molecule has 176 valence electrons. The average Bonchev–Trinajstić information content (AvgIpc) is 3.33. The largest absolute Gasteiger partial charge is 0.493 e. The summed E-state index contributed by atoms with van der Waals surface area (Å²) in [5.41, 5.74) is 2.26. The molecule has 0 aliphatic carbocycles. The number of hydrogen-bond donors (Lipinski definition) is 3. The van der Waals surface area contributed by atoms with Crippen LogP contribution >= 0.6 is 0 Å². The predicted molar refractivity (Wildman–Crippen MR) is 126 cm³/mol. The minimum absolute atomic E-state index is 0.180. The van der Waals surface area contributed by atoms with Crippen LogP contribution in [-0.4, -0.2) is 72.4 Å². The summed E-state index contributed by atoms with van der Waals surface area (Å²) in [5.74, 6) is 0.339. The second kappa shape index (κ2) is 11.9. The van der Waals surface area contributed by atoms with Gasteiger partial charge >= 0.3 is 5.97 Å². The van der Waals surface area contributed by atoms with Crippen LogP contribution in [-0.2, 0) is 9.59 Å². The van der Waals surface area contributed by atoms with Crippen LogP contribution in [0.25, 0.3) is 21.8 Å². The van der Waals surface area contributed by atoms with E-state index >= 15 is 0 Å². The van der Waals surface area contributed by atoms with Crippen molar-refractivity contribution < 1.29 is 29.3 Å². The van der Waals surface area contributed by atoms with E-state index in [0.717, 1.165) is 40.5 Å². The number of rotatable bonds is 9.